The molecule has 0 aliphatic carbocycles. The topological polar surface area (TPSA) is 41.5 Å². The fourth-order valence-corrected chi connectivity index (χ4v) is 3.54. The summed E-state index contributed by atoms with van der Waals surface area (Å²) in [6.07, 6.45) is 1.82. The third-order valence-corrected chi connectivity index (χ3v) is 4.92. The van der Waals surface area contributed by atoms with Gasteiger partial charge in [-0.15, -0.1) is 0 Å². The summed E-state index contributed by atoms with van der Waals surface area (Å²) >= 11 is 1.24. The number of hydrogen-bond donors (Lipinski definition) is 1. The highest BCUT2D eigenvalue weighted by molar-refractivity contribution is 8.18. The number of nitrogens with one attached hydrogen (secondary N) is 1. The highest BCUT2D eigenvalue weighted by atomic mass is 32.2. The lowest BCUT2D eigenvalue weighted by Gasteiger charge is -2.02. The minimum Gasteiger partial charge on any atom is -0.300 e. The number of thioether (sulfide) groups is 1. The van der Waals surface area contributed by atoms with E-state index in [-0.39, 0.29) is 11.7 Å². The highest BCUT2D eigenvalue weighted by Gasteiger charge is 2.23. The van der Waals surface area contributed by atoms with E-state index in [2.05, 4.69) is 22.4 Å². The van der Waals surface area contributed by atoms with Crippen LogP contribution in [0.5, 0.6) is 0 Å². The maximum absolute atomic E-state index is 13.3. The first-order valence-corrected chi connectivity index (χ1v) is 9.20. The quantitative estimate of drug-likeness (QED) is 0.625. The first kappa shape index (κ1) is 17.2. The zero-order valence-electron chi connectivity index (χ0n) is 14.2. The Balaban J connectivity index is 1.53. The van der Waals surface area contributed by atoms with Crippen molar-refractivity contribution in [3.8, 4) is 11.1 Å². The molecule has 0 spiro atoms. The molecule has 0 bridgehead atoms. The van der Waals surface area contributed by atoms with Crippen LogP contribution in [0, 0.1) is 5.82 Å². The van der Waals surface area contributed by atoms with E-state index < -0.39 is 0 Å². The average Bonchev–Trinajstić information content (AvgIpc) is 3.02. The molecule has 1 saturated heterocycles. The van der Waals surface area contributed by atoms with E-state index in [0.29, 0.717) is 15.8 Å². The standard InChI is InChI=1S/C22H15FN2OS/c23-18-7-4-8-19(14-18)24-22-25-21(26)20(27-22)13-15-9-11-17(12-10-15)16-5-2-1-3-6-16/h1-14H,(H,24,25,26). The molecule has 0 saturated carbocycles. The number of amides is 1. The van der Waals surface area contributed by atoms with Crippen LogP contribution in [-0.4, -0.2) is 11.1 Å². The third kappa shape index (κ3) is 4.15. The second kappa shape index (κ2) is 7.60. The van der Waals surface area contributed by atoms with Crippen molar-refractivity contribution in [3.63, 3.8) is 0 Å². The Morgan fingerprint density at radius 1 is 0.889 bits per heavy atom. The maximum Gasteiger partial charge on any atom is 0.264 e. The molecule has 0 atom stereocenters. The molecule has 1 aliphatic rings. The summed E-state index contributed by atoms with van der Waals surface area (Å²) in [6.45, 7) is 0. The normalized spacial score (nSPS) is 16.7. The van der Waals surface area contributed by atoms with Gasteiger partial charge in [0.15, 0.2) is 5.17 Å². The van der Waals surface area contributed by atoms with Crippen LogP contribution in [0.3, 0.4) is 0 Å². The first-order chi connectivity index (χ1) is 13.2. The summed E-state index contributed by atoms with van der Waals surface area (Å²) in [5, 5.41) is 3.16. The molecule has 3 nitrogen and oxygen atoms in total. The minimum absolute atomic E-state index is 0.206. The van der Waals surface area contributed by atoms with E-state index in [0.717, 1.165) is 16.7 Å². The molecule has 0 aromatic heterocycles. The zero-order valence-corrected chi connectivity index (χ0v) is 15.0. The number of carbonyl (C=O) groups is 1. The van der Waals surface area contributed by atoms with Gasteiger partial charge in [0, 0.05) is 0 Å². The minimum atomic E-state index is -0.361. The number of nitrogens with zero attached hydrogens (tertiary/aromatic N) is 1. The number of carbonyl (C=O) groups excluding carboxylic acids is 1. The predicted octanol–water partition coefficient (Wildman–Crippen LogP) is 5.38. The van der Waals surface area contributed by atoms with Crippen LogP contribution >= 0.6 is 11.8 Å². The number of benzene rings is 3. The zero-order chi connectivity index (χ0) is 18.6. The molecule has 5 heteroatoms. The van der Waals surface area contributed by atoms with Crippen molar-refractivity contribution in [2.75, 3.05) is 0 Å². The number of hydrogen-bond acceptors (Lipinski definition) is 3. The van der Waals surface area contributed by atoms with Crippen LogP contribution < -0.4 is 5.32 Å². The van der Waals surface area contributed by atoms with Gasteiger partial charge in [-0.3, -0.25) is 4.79 Å². The molecule has 132 valence electrons. The Morgan fingerprint density at radius 2 is 1.63 bits per heavy atom. The van der Waals surface area contributed by atoms with E-state index in [1.54, 1.807) is 12.1 Å². The van der Waals surface area contributed by atoms with Gasteiger partial charge in [-0.25, -0.2) is 9.38 Å². The van der Waals surface area contributed by atoms with Crippen LogP contribution in [0.2, 0.25) is 0 Å². The van der Waals surface area contributed by atoms with Crippen molar-refractivity contribution in [1.29, 1.82) is 0 Å². The summed E-state index contributed by atoms with van der Waals surface area (Å²) in [4.78, 5) is 17.0. The van der Waals surface area contributed by atoms with Crippen molar-refractivity contribution in [2.24, 2.45) is 4.99 Å². The lowest BCUT2D eigenvalue weighted by Crippen LogP contribution is -2.19. The molecule has 0 unspecified atom stereocenters. The fraction of sp³-hybridized carbons (Fsp3) is 0. The molecule has 1 amide bonds. The van der Waals surface area contributed by atoms with Gasteiger partial charge in [0.25, 0.3) is 5.91 Å². The van der Waals surface area contributed by atoms with Crippen LogP contribution in [0.15, 0.2) is 88.8 Å². The monoisotopic (exact) mass is 374 g/mol. The van der Waals surface area contributed by atoms with Gasteiger partial charge in [-0.05, 0) is 52.7 Å². The molecule has 4 rings (SSSR count). The second-order valence-electron chi connectivity index (χ2n) is 5.95. The molecular weight excluding hydrogens is 359 g/mol. The molecule has 1 heterocycles. The average molecular weight is 374 g/mol. The summed E-state index contributed by atoms with van der Waals surface area (Å²) in [7, 11) is 0. The van der Waals surface area contributed by atoms with E-state index in [1.807, 2.05) is 48.5 Å². The van der Waals surface area contributed by atoms with Gasteiger partial charge >= 0.3 is 0 Å². The van der Waals surface area contributed by atoms with Crippen molar-refractivity contribution in [1.82, 2.24) is 5.32 Å². The molecule has 3 aromatic carbocycles. The van der Waals surface area contributed by atoms with E-state index in [1.165, 1.54) is 23.9 Å². The highest BCUT2D eigenvalue weighted by Crippen LogP contribution is 2.29. The predicted molar refractivity (Wildman–Crippen MR) is 109 cm³/mol. The SMILES string of the molecule is O=C1NC(=Nc2cccc(F)c2)SC1=Cc1ccc(-c2ccccc2)cc1. The summed E-state index contributed by atoms with van der Waals surface area (Å²) in [6, 6.07) is 24.1. The number of halogens is 1. The summed E-state index contributed by atoms with van der Waals surface area (Å²) < 4.78 is 13.3. The van der Waals surface area contributed by atoms with Crippen LogP contribution in [0.4, 0.5) is 10.1 Å². The molecule has 1 N–H and O–H groups in total. The number of aliphatic imine (C=N–C) groups is 1. The molecule has 27 heavy (non-hydrogen) atoms. The molecule has 1 fully saturated rings. The Morgan fingerprint density at radius 3 is 2.37 bits per heavy atom. The largest absolute Gasteiger partial charge is 0.300 e. The van der Waals surface area contributed by atoms with Gasteiger partial charge in [0.1, 0.15) is 5.82 Å². The van der Waals surface area contributed by atoms with E-state index >= 15 is 0 Å². The molecule has 1 aliphatic heterocycles. The molecular formula is C22H15FN2OS. The van der Waals surface area contributed by atoms with Crippen molar-refractivity contribution >= 4 is 34.6 Å². The second-order valence-corrected chi connectivity index (χ2v) is 6.98. The Hall–Kier alpha value is -3.18. The van der Waals surface area contributed by atoms with Crippen LogP contribution in [0.1, 0.15) is 5.56 Å². The van der Waals surface area contributed by atoms with Crippen LogP contribution in [0.25, 0.3) is 17.2 Å². The van der Waals surface area contributed by atoms with Crippen LogP contribution in [-0.2, 0) is 4.79 Å². The summed E-state index contributed by atoms with van der Waals surface area (Å²) in [5.74, 6) is -0.567. The maximum atomic E-state index is 13.3. The van der Waals surface area contributed by atoms with Crippen molar-refractivity contribution in [2.45, 2.75) is 0 Å². The molecule has 0 radical (unpaired) electrons. The first-order valence-electron chi connectivity index (χ1n) is 8.38. The third-order valence-electron chi connectivity index (χ3n) is 4.01. The lowest BCUT2D eigenvalue weighted by molar-refractivity contribution is -0.115. The smallest absolute Gasteiger partial charge is 0.264 e. The van der Waals surface area contributed by atoms with E-state index in [4.69, 9.17) is 0 Å². The Bertz CT molecular complexity index is 1040. The summed E-state index contributed by atoms with van der Waals surface area (Å²) in [5.41, 5.74) is 3.66. The van der Waals surface area contributed by atoms with Gasteiger partial charge in [0.2, 0.25) is 0 Å². The Kier molecular flexibility index (Phi) is 4.85. The van der Waals surface area contributed by atoms with Gasteiger partial charge < -0.3 is 5.32 Å². The number of amidine groups is 1. The van der Waals surface area contributed by atoms with Gasteiger partial charge in [0.05, 0.1) is 10.6 Å². The van der Waals surface area contributed by atoms with E-state index in [9.17, 15) is 9.18 Å². The number of rotatable bonds is 3. The van der Waals surface area contributed by atoms with Gasteiger partial charge in [-0.2, -0.15) is 0 Å². The molecule has 3 aromatic rings. The van der Waals surface area contributed by atoms with Gasteiger partial charge in [-0.1, -0.05) is 60.7 Å². The fourth-order valence-electron chi connectivity index (χ4n) is 2.70. The van der Waals surface area contributed by atoms with Crippen molar-refractivity contribution in [3.05, 3.63) is 95.1 Å². The lowest BCUT2D eigenvalue weighted by atomic mass is 10.0. The van der Waals surface area contributed by atoms with Crippen molar-refractivity contribution < 1.29 is 9.18 Å². The Labute approximate surface area is 160 Å².